The SMILES string of the molecule is CC(=O)C1CCC(CN(C(C)=O)C(=O)c2ccccc2C)CC1. The number of nitrogens with zero attached hydrogens (tertiary/aromatic N) is 1. The normalized spacial score (nSPS) is 20.8. The van der Waals surface area contributed by atoms with E-state index < -0.39 is 0 Å². The van der Waals surface area contributed by atoms with Crippen LogP contribution in [0.2, 0.25) is 0 Å². The monoisotopic (exact) mass is 315 g/mol. The van der Waals surface area contributed by atoms with Gasteiger partial charge in [-0.05, 0) is 57.1 Å². The van der Waals surface area contributed by atoms with Crippen molar-refractivity contribution in [2.45, 2.75) is 46.5 Å². The molecule has 2 rings (SSSR count). The molecular weight excluding hydrogens is 290 g/mol. The zero-order chi connectivity index (χ0) is 17.0. The number of carbonyl (C=O) groups excluding carboxylic acids is 3. The van der Waals surface area contributed by atoms with Gasteiger partial charge in [-0.2, -0.15) is 0 Å². The number of amides is 2. The molecule has 0 aliphatic heterocycles. The van der Waals surface area contributed by atoms with Gasteiger partial charge in [-0.15, -0.1) is 0 Å². The minimum absolute atomic E-state index is 0.157. The highest BCUT2D eigenvalue weighted by molar-refractivity contribution is 6.04. The third-order valence-corrected chi connectivity index (χ3v) is 4.86. The molecular formula is C19H25NO3. The summed E-state index contributed by atoms with van der Waals surface area (Å²) in [6.45, 7) is 5.42. The number of imide groups is 1. The number of rotatable bonds is 4. The predicted octanol–water partition coefficient (Wildman–Crippen LogP) is 3.38. The maximum Gasteiger partial charge on any atom is 0.260 e. The summed E-state index contributed by atoms with van der Waals surface area (Å²) in [5.74, 6) is 0.269. The fourth-order valence-corrected chi connectivity index (χ4v) is 3.32. The van der Waals surface area contributed by atoms with Crippen molar-refractivity contribution < 1.29 is 14.4 Å². The van der Waals surface area contributed by atoms with Crippen LogP contribution in [-0.2, 0) is 9.59 Å². The van der Waals surface area contributed by atoms with Crippen molar-refractivity contribution in [1.82, 2.24) is 4.90 Å². The van der Waals surface area contributed by atoms with E-state index >= 15 is 0 Å². The average Bonchev–Trinajstić information content (AvgIpc) is 2.52. The van der Waals surface area contributed by atoms with Crippen molar-refractivity contribution in [1.29, 1.82) is 0 Å². The molecule has 4 heteroatoms. The molecule has 0 radical (unpaired) electrons. The molecule has 1 aromatic carbocycles. The maximum absolute atomic E-state index is 12.7. The van der Waals surface area contributed by atoms with Crippen molar-refractivity contribution in [3.63, 3.8) is 0 Å². The van der Waals surface area contributed by atoms with Gasteiger partial charge in [-0.3, -0.25) is 19.3 Å². The molecule has 0 atom stereocenters. The van der Waals surface area contributed by atoms with Gasteiger partial charge in [0.05, 0.1) is 0 Å². The van der Waals surface area contributed by atoms with Crippen LogP contribution in [0.3, 0.4) is 0 Å². The second kappa shape index (κ2) is 7.53. The quantitative estimate of drug-likeness (QED) is 0.856. The van der Waals surface area contributed by atoms with E-state index in [1.165, 1.54) is 11.8 Å². The molecule has 4 nitrogen and oxygen atoms in total. The number of carbonyl (C=O) groups is 3. The molecule has 1 saturated carbocycles. The molecule has 0 saturated heterocycles. The number of Topliss-reactive ketones (excluding diaryl/α,β-unsaturated/α-hetero) is 1. The largest absolute Gasteiger partial charge is 0.300 e. The number of benzene rings is 1. The lowest BCUT2D eigenvalue weighted by Gasteiger charge is -2.31. The molecule has 0 spiro atoms. The van der Waals surface area contributed by atoms with E-state index in [9.17, 15) is 14.4 Å². The fourth-order valence-electron chi connectivity index (χ4n) is 3.32. The highest BCUT2D eigenvalue weighted by Crippen LogP contribution is 2.30. The van der Waals surface area contributed by atoms with Gasteiger partial charge in [0, 0.05) is 24.9 Å². The van der Waals surface area contributed by atoms with Gasteiger partial charge in [0.15, 0.2) is 0 Å². The molecule has 23 heavy (non-hydrogen) atoms. The van der Waals surface area contributed by atoms with Crippen LogP contribution in [0.25, 0.3) is 0 Å². The van der Waals surface area contributed by atoms with Gasteiger partial charge < -0.3 is 0 Å². The molecule has 0 bridgehead atoms. The zero-order valence-corrected chi connectivity index (χ0v) is 14.2. The number of ketones is 1. The van der Waals surface area contributed by atoms with Gasteiger partial charge >= 0.3 is 0 Å². The van der Waals surface area contributed by atoms with Crippen molar-refractivity contribution in [3.05, 3.63) is 35.4 Å². The van der Waals surface area contributed by atoms with Gasteiger partial charge in [-0.25, -0.2) is 0 Å². The molecule has 1 aliphatic carbocycles. The Morgan fingerprint density at radius 2 is 1.65 bits per heavy atom. The third kappa shape index (κ3) is 4.27. The van der Waals surface area contributed by atoms with Gasteiger partial charge in [0.2, 0.25) is 5.91 Å². The van der Waals surface area contributed by atoms with Gasteiger partial charge in [0.25, 0.3) is 5.91 Å². The van der Waals surface area contributed by atoms with Crippen LogP contribution in [0.15, 0.2) is 24.3 Å². The Kier molecular flexibility index (Phi) is 5.69. The molecule has 0 aromatic heterocycles. The molecule has 1 aliphatic rings. The minimum atomic E-state index is -0.218. The van der Waals surface area contributed by atoms with Crippen molar-refractivity contribution >= 4 is 17.6 Å². The van der Waals surface area contributed by atoms with E-state index in [0.29, 0.717) is 18.0 Å². The maximum atomic E-state index is 12.7. The lowest BCUT2D eigenvalue weighted by molar-refractivity contribution is -0.127. The van der Waals surface area contributed by atoms with Crippen LogP contribution in [0, 0.1) is 18.8 Å². The van der Waals surface area contributed by atoms with E-state index in [4.69, 9.17) is 0 Å². The van der Waals surface area contributed by atoms with Crippen LogP contribution in [0.5, 0.6) is 0 Å². The van der Waals surface area contributed by atoms with E-state index in [2.05, 4.69) is 0 Å². The molecule has 0 unspecified atom stereocenters. The number of hydrogen-bond donors (Lipinski definition) is 0. The van der Waals surface area contributed by atoms with E-state index in [1.54, 1.807) is 13.0 Å². The summed E-state index contributed by atoms with van der Waals surface area (Å²) in [5, 5.41) is 0. The zero-order valence-electron chi connectivity index (χ0n) is 14.2. The number of hydrogen-bond acceptors (Lipinski definition) is 3. The first-order valence-electron chi connectivity index (χ1n) is 8.28. The van der Waals surface area contributed by atoms with Crippen LogP contribution in [0.4, 0.5) is 0 Å². The molecule has 1 aromatic rings. The van der Waals surface area contributed by atoms with Crippen LogP contribution >= 0.6 is 0 Å². The smallest absolute Gasteiger partial charge is 0.260 e. The van der Waals surface area contributed by atoms with Crippen LogP contribution in [0.1, 0.15) is 55.5 Å². The average molecular weight is 315 g/mol. The van der Waals surface area contributed by atoms with Gasteiger partial charge in [0.1, 0.15) is 5.78 Å². The Hall–Kier alpha value is -1.97. The minimum Gasteiger partial charge on any atom is -0.300 e. The lowest BCUT2D eigenvalue weighted by Crippen LogP contribution is -2.40. The molecule has 0 N–H and O–H groups in total. The summed E-state index contributed by atoms with van der Waals surface area (Å²) in [7, 11) is 0. The van der Waals surface area contributed by atoms with Gasteiger partial charge in [-0.1, -0.05) is 18.2 Å². The molecule has 1 fully saturated rings. The Bertz CT molecular complexity index is 600. The fraction of sp³-hybridized carbons (Fsp3) is 0.526. The third-order valence-electron chi connectivity index (χ3n) is 4.86. The van der Waals surface area contributed by atoms with Crippen LogP contribution < -0.4 is 0 Å². The lowest BCUT2D eigenvalue weighted by atomic mass is 9.80. The summed E-state index contributed by atoms with van der Waals surface area (Å²) in [5.41, 5.74) is 1.46. The summed E-state index contributed by atoms with van der Waals surface area (Å²) in [4.78, 5) is 37.5. The Balaban J connectivity index is 2.06. The summed E-state index contributed by atoms with van der Waals surface area (Å²) >= 11 is 0. The second-order valence-corrected chi connectivity index (χ2v) is 6.58. The molecule has 0 heterocycles. The highest BCUT2D eigenvalue weighted by atomic mass is 16.2. The first-order valence-corrected chi connectivity index (χ1v) is 8.28. The predicted molar refractivity (Wildman–Crippen MR) is 89.0 cm³/mol. The standard InChI is InChI=1S/C19H25NO3/c1-13-6-4-5-7-18(13)19(23)20(15(3)22)12-16-8-10-17(11-9-16)14(2)21/h4-7,16-17H,8-12H2,1-3H3. The molecule has 124 valence electrons. The first kappa shape index (κ1) is 17.4. The van der Waals surface area contributed by atoms with Crippen molar-refractivity contribution in [3.8, 4) is 0 Å². The van der Waals surface area contributed by atoms with Crippen LogP contribution in [-0.4, -0.2) is 29.0 Å². The number of aryl methyl sites for hydroxylation is 1. The second-order valence-electron chi connectivity index (χ2n) is 6.58. The first-order chi connectivity index (χ1) is 10.9. The Morgan fingerprint density at radius 3 is 2.17 bits per heavy atom. The Labute approximate surface area is 137 Å². The van der Waals surface area contributed by atoms with E-state index in [0.717, 1.165) is 31.2 Å². The van der Waals surface area contributed by atoms with E-state index in [-0.39, 0.29) is 23.5 Å². The van der Waals surface area contributed by atoms with Crippen molar-refractivity contribution in [2.75, 3.05) is 6.54 Å². The summed E-state index contributed by atoms with van der Waals surface area (Å²) in [6.07, 6.45) is 3.53. The summed E-state index contributed by atoms with van der Waals surface area (Å²) in [6, 6.07) is 7.34. The Morgan fingerprint density at radius 1 is 1.04 bits per heavy atom. The highest BCUT2D eigenvalue weighted by Gasteiger charge is 2.29. The van der Waals surface area contributed by atoms with E-state index in [1.807, 2.05) is 25.1 Å². The summed E-state index contributed by atoms with van der Waals surface area (Å²) < 4.78 is 0. The van der Waals surface area contributed by atoms with Crippen molar-refractivity contribution in [2.24, 2.45) is 11.8 Å². The topological polar surface area (TPSA) is 54.5 Å². The molecule has 2 amide bonds.